The molecule has 19 heavy (non-hydrogen) atoms. The van der Waals surface area contributed by atoms with E-state index in [9.17, 15) is 4.79 Å². The molecule has 0 amide bonds. The summed E-state index contributed by atoms with van der Waals surface area (Å²) in [4.78, 5) is 14.9. The highest BCUT2D eigenvalue weighted by molar-refractivity contribution is 5.83. The Balaban J connectivity index is 1.86. The first-order chi connectivity index (χ1) is 9.33. The summed E-state index contributed by atoms with van der Waals surface area (Å²) in [6, 6.07) is 10.1. The zero-order valence-electron chi connectivity index (χ0n) is 10.9. The topological polar surface area (TPSA) is 56.9 Å². The Bertz CT molecular complexity index is 612. The van der Waals surface area contributed by atoms with Crippen molar-refractivity contribution in [3.05, 3.63) is 40.7 Å². The van der Waals surface area contributed by atoms with E-state index in [1.54, 1.807) is 0 Å². The van der Waals surface area contributed by atoms with Gasteiger partial charge in [-0.05, 0) is 36.9 Å². The van der Waals surface area contributed by atoms with Crippen LogP contribution in [0.25, 0.3) is 10.8 Å². The number of nitrogens with one attached hydrogen (secondary N) is 3. The lowest BCUT2D eigenvalue weighted by molar-refractivity contribution is 0.634. The lowest BCUT2D eigenvalue weighted by Gasteiger charge is -2.17. The van der Waals surface area contributed by atoms with Gasteiger partial charge in [0, 0.05) is 18.0 Å². The highest BCUT2D eigenvalue weighted by atomic mass is 16.1. The Morgan fingerprint density at radius 1 is 1.21 bits per heavy atom. The quantitative estimate of drug-likeness (QED) is 0.772. The highest BCUT2D eigenvalue weighted by Gasteiger charge is 2.12. The van der Waals surface area contributed by atoms with E-state index in [1.807, 2.05) is 30.3 Å². The number of aromatic amines is 1. The molecule has 4 heteroatoms. The van der Waals surface area contributed by atoms with Crippen LogP contribution in [0.15, 0.2) is 35.1 Å². The van der Waals surface area contributed by atoms with Crippen LogP contribution in [0.3, 0.4) is 0 Å². The number of anilines is 1. The summed E-state index contributed by atoms with van der Waals surface area (Å²) in [5.74, 6) is 0.817. The summed E-state index contributed by atoms with van der Waals surface area (Å²) in [5.41, 5.74) is -0.0258. The van der Waals surface area contributed by atoms with E-state index < -0.39 is 0 Å². The summed E-state index contributed by atoms with van der Waals surface area (Å²) in [5, 5.41) is 8.58. The molecular weight excluding hydrogens is 238 g/mol. The molecule has 0 radical (unpaired) electrons. The molecular formula is C15H19N3O. The first-order valence-corrected chi connectivity index (χ1v) is 6.92. The maximum Gasteiger partial charge on any atom is 0.257 e. The maximum absolute atomic E-state index is 12.0. The minimum atomic E-state index is -0.0258. The fourth-order valence-corrected chi connectivity index (χ4v) is 2.65. The third-order valence-electron chi connectivity index (χ3n) is 3.66. The standard InChI is InChI=1S/C15H19N3O/c19-15-13-7-2-1-5-11(13)9-14(18-15)17-12-6-3-4-8-16-10-12/h1-2,5,7,9,12,16H,3-4,6,8,10H2,(H2,17,18,19). The molecule has 0 aliphatic carbocycles. The van der Waals surface area contributed by atoms with Gasteiger partial charge in [0.15, 0.2) is 0 Å². The number of fused-ring (bicyclic) bond motifs is 1. The molecule has 0 bridgehead atoms. The second-order valence-electron chi connectivity index (χ2n) is 5.14. The van der Waals surface area contributed by atoms with Crippen LogP contribution >= 0.6 is 0 Å². The van der Waals surface area contributed by atoms with E-state index in [2.05, 4.69) is 15.6 Å². The van der Waals surface area contributed by atoms with Crippen molar-refractivity contribution < 1.29 is 0 Å². The molecule has 1 saturated heterocycles. The van der Waals surface area contributed by atoms with Gasteiger partial charge in [-0.1, -0.05) is 24.6 Å². The molecule has 1 atom stereocenters. The van der Waals surface area contributed by atoms with E-state index in [1.165, 1.54) is 12.8 Å². The molecule has 3 rings (SSSR count). The van der Waals surface area contributed by atoms with Crippen LogP contribution < -0.4 is 16.2 Å². The summed E-state index contributed by atoms with van der Waals surface area (Å²) < 4.78 is 0. The zero-order valence-corrected chi connectivity index (χ0v) is 10.9. The molecule has 0 spiro atoms. The Labute approximate surface area is 112 Å². The molecule has 1 aliphatic heterocycles. The van der Waals surface area contributed by atoms with Crippen molar-refractivity contribution in [2.75, 3.05) is 18.4 Å². The smallest absolute Gasteiger partial charge is 0.257 e. The molecule has 2 heterocycles. The van der Waals surface area contributed by atoms with Crippen molar-refractivity contribution in [1.29, 1.82) is 0 Å². The molecule has 1 aromatic carbocycles. The van der Waals surface area contributed by atoms with Gasteiger partial charge in [0.05, 0.1) is 0 Å². The molecule has 100 valence electrons. The molecule has 0 saturated carbocycles. The van der Waals surface area contributed by atoms with Gasteiger partial charge in [-0.25, -0.2) is 0 Å². The maximum atomic E-state index is 12.0. The number of H-pyrrole nitrogens is 1. The van der Waals surface area contributed by atoms with Crippen molar-refractivity contribution in [2.24, 2.45) is 0 Å². The SMILES string of the molecule is O=c1[nH]c(NC2CCCCNC2)cc2ccccc12. The summed E-state index contributed by atoms with van der Waals surface area (Å²) in [6.07, 6.45) is 3.59. The van der Waals surface area contributed by atoms with Crippen molar-refractivity contribution in [3.63, 3.8) is 0 Å². The molecule has 1 aromatic heterocycles. The Morgan fingerprint density at radius 2 is 2.11 bits per heavy atom. The van der Waals surface area contributed by atoms with Crippen LogP contribution in [0, 0.1) is 0 Å². The summed E-state index contributed by atoms with van der Waals surface area (Å²) >= 11 is 0. The average Bonchev–Trinajstić information content (AvgIpc) is 2.67. The van der Waals surface area contributed by atoms with Crippen LogP contribution in [0.4, 0.5) is 5.82 Å². The Morgan fingerprint density at radius 3 is 3.05 bits per heavy atom. The number of hydrogen-bond donors (Lipinski definition) is 3. The minimum Gasteiger partial charge on any atom is -0.368 e. The predicted octanol–water partition coefficient (Wildman–Crippen LogP) is 2.08. The fourth-order valence-electron chi connectivity index (χ4n) is 2.65. The van der Waals surface area contributed by atoms with Crippen LogP contribution in [-0.4, -0.2) is 24.1 Å². The van der Waals surface area contributed by atoms with Crippen molar-refractivity contribution in [3.8, 4) is 0 Å². The highest BCUT2D eigenvalue weighted by Crippen LogP contribution is 2.15. The lowest BCUT2D eigenvalue weighted by atomic mass is 10.1. The number of aromatic nitrogens is 1. The van der Waals surface area contributed by atoms with Gasteiger partial charge in [0.25, 0.3) is 5.56 Å². The first-order valence-electron chi connectivity index (χ1n) is 6.92. The second-order valence-corrected chi connectivity index (χ2v) is 5.14. The van der Waals surface area contributed by atoms with E-state index >= 15 is 0 Å². The molecule has 1 unspecified atom stereocenters. The molecule has 2 aromatic rings. The third kappa shape index (κ3) is 2.79. The van der Waals surface area contributed by atoms with Gasteiger partial charge in [-0.3, -0.25) is 4.79 Å². The van der Waals surface area contributed by atoms with Crippen LogP contribution in [0.2, 0.25) is 0 Å². The monoisotopic (exact) mass is 257 g/mol. The predicted molar refractivity (Wildman–Crippen MR) is 78.7 cm³/mol. The molecule has 3 N–H and O–H groups in total. The number of pyridine rings is 1. The van der Waals surface area contributed by atoms with Gasteiger partial charge in [0.2, 0.25) is 0 Å². The van der Waals surface area contributed by atoms with Gasteiger partial charge in [0.1, 0.15) is 5.82 Å². The van der Waals surface area contributed by atoms with E-state index in [0.717, 1.165) is 36.1 Å². The Kier molecular flexibility index (Phi) is 3.51. The molecule has 4 nitrogen and oxygen atoms in total. The van der Waals surface area contributed by atoms with Gasteiger partial charge in [-0.15, -0.1) is 0 Å². The van der Waals surface area contributed by atoms with Gasteiger partial charge >= 0.3 is 0 Å². The van der Waals surface area contributed by atoms with Crippen molar-refractivity contribution in [2.45, 2.75) is 25.3 Å². The van der Waals surface area contributed by atoms with Crippen LogP contribution in [-0.2, 0) is 0 Å². The zero-order chi connectivity index (χ0) is 13.1. The summed E-state index contributed by atoms with van der Waals surface area (Å²) in [6.45, 7) is 2.04. The van der Waals surface area contributed by atoms with E-state index in [0.29, 0.717) is 6.04 Å². The number of rotatable bonds is 2. The lowest BCUT2D eigenvalue weighted by Crippen LogP contribution is -2.31. The number of hydrogen-bond acceptors (Lipinski definition) is 3. The minimum absolute atomic E-state index is 0.0258. The molecule has 1 aliphatic rings. The fraction of sp³-hybridized carbons (Fsp3) is 0.400. The second kappa shape index (κ2) is 5.45. The van der Waals surface area contributed by atoms with E-state index in [-0.39, 0.29) is 5.56 Å². The largest absolute Gasteiger partial charge is 0.368 e. The number of benzene rings is 1. The third-order valence-corrected chi connectivity index (χ3v) is 3.66. The van der Waals surface area contributed by atoms with Crippen LogP contribution in [0.5, 0.6) is 0 Å². The van der Waals surface area contributed by atoms with Gasteiger partial charge < -0.3 is 15.6 Å². The van der Waals surface area contributed by atoms with Crippen molar-refractivity contribution in [1.82, 2.24) is 10.3 Å². The average molecular weight is 257 g/mol. The van der Waals surface area contributed by atoms with E-state index in [4.69, 9.17) is 0 Å². The van der Waals surface area contributed by atoms with Crippen LogP contribution in [0.1, 0.15) is 19.3 Å². The summed E-state index contributed by atoms with van der Waals surface area (Å²) in [7, 11) is 0. The Hall–Kier alpha value is -1.81. The molecule has 1 fully saturated rings. The van der Waals surface area contributed by atoms with Gasteiger partial charge in [-0.2, -0.15) is 0 Å². The van der Waals surface area contributed by atoms with Crippen molar-refractivity contribution >= 4 is 16.6 Å². The normalized spacial score (nSPS) is 20.1. The first kappa shape index (κ1) is 12.2.